The smallest absolute Gasteiger partial charge is 0.407 e. The number of carbonyl (C=O) groups excluding carboxylic acids is 1. The Morgan fingerprint density at radius 3 is 2.26 bits per heavy atom. The monoisotopic (exact) mass is 320 g/mol. The van der Waals surface area contributed by atoms with E-state index in [9.17, 15) is 4.79 Å². The standard InChI is InChI=1S/C19H32N2O2/c1-7-16(15-11-9-8-10-12-15)21-17(14(2)3)13-20-18(22)23-19(4,5)6/h8-12,14,16-17,21H,7,13H2,1-6H3,(H,20,22). The number of rotatable bonds is 7. The third-order valence-electron chi connectivity index (χ3n) is 3.70. The topological polar surface area (TPSA) is 50.4 Å². The molecule has 0 heterocycles. The Kier molecular flexibility index (Phi) is 7.56. The average molecular weight is 320 g/mol. The maximum absolute atomic E-state index is 11.8. The number of amides is 1. The largest absolute Gasteiger partial charge is 0.444 e. The van der Waals surface area contributed by atoms with Crippen molar-refractivity contribution in [1.29, 1.82) is 0 Å². The van der Waals surface area contributed by atoms with Crippen LogP contribution in [0, 0.1) is 5.92 Å². The van der Waals surface area contributed by atoms with Gasteiger partial charge in [0.05, 0.1) is 0 Å². The van der Waals surface area contributed by atoms with E-state index in [-0.39, 0.29) is 18.2 Å². The van der Waals surface area contributed by atoms with Crippen LogP contribution in [0.4, 0.5) is 4.79 Å². The van der Waals surface area contributed by atoms with Gasteiger partial charge >= 0.3 is 6.09 Å². The minimum absolute atomic E-state index is 0.188. The first-order chi connectivity index (χ1) is 10.7. The van der Waals surface area contributed by atoms with Crippen molar-refractivity contribution in [3.05, 3.63) is 35.9 Å². The van der Waals surface area contributed by atoms with E-state index in [1.165, 1.54) is 5.56 Å². The van der Waals surface area contributed by atoms with Crippen LogP contribution in [0.25, 0.3) is 0 Å². The summed E-state index contributed by atoms with van der Waals surface area (Å²) in [6.45, 7) is 12.6. The molecule has 0 aliphatic heterocycles. The molecule has 2 N–H and O–H groups in total. The van der Waals surface area contributed by atoms with Crippen molar-refractivity contribution >= 4 is 6.09 Å². The fraction of sp³-hybridized carbons (Fsp3) is 0.632. The van der Waals surface area contributed by atoms with Crippen LogP contribution in [0.3, 0.4) is 0 Å². The van der Waals surface area contributed by atoms with Crippen LogP contribution in [0.15, 0.2) is 30.3 Å². The van der Waals surface area contributed by atoms with E-state index in [0.717, 1.165) is 6.42 Å². The van der Waals surface area contributed by atoms with E-state index in [4.69, 9.17) is 4.74 Å². The maximum atomic E-state index is 11.8. The zero-order chi connectivity index (χ0) is 17.5. The van der Waals surface area contributed by atoms with E-state index in [0.29, 0.717) is 12.5 Å². The molecule has 0 fully saturated rings. The lowest BCUT2D eigenvalue weighted by Crippen LogP contribution is -2.46. The van der Waals surface area contributed by atoms with Crippen LogP contribution in [-0.2, 0) is 4.74 Å². The van der Waals surface area contributed by atoms with Gasteiger partial charge in [-0.1, -0.05) is 51.1 Å². The van der Waals surface area contributed by atoms with E-state index in [1.54, 1.807) is 0 Å². The summed E-state index contributed by atoms with van der Waals surface area (Å²) >= 11 is 0. The van der Waals surface area contributed by atoms with Gasteiger partial charge in [0.2, 0.25) is 0 Å². The number of hydrogen-bond donors (Lipinski definition) is 2. The predicted octanol–water partition coefficient (Wildman–Crippen LogP) is 4.28. The Bertz CT molecular complexity index is 466. The fourth-order valence-electron chi connectivity index (χ4n) is 2.39. The minimum Gasteiger partial charge on any atom is -0.444 e. The second kappa shape index (κ2) is 8.92. The van der Waals surface area contributed by atoms with Crippen molar-refractivity contribution < 1.29 is 9.53 Å². The van der Waals surface area contributed by atoms with Crippen molar-refractivity contribution in [3.63, 3.8) is 0 Å². The molecular weight excluding hydrogens is 288 g/mol. The van der Waals surface area contributed by atoms with Gasteiger partial charge in [-0.25, -0.2) is 4.79 Å². The Hall–Kier alpha value is -1.55. The Morgan fingerprint density at radius 1 is 1.17 bits per heavy atom. The van der Waals surface area contributed by atoms with Crippen LogP contribution in [-0.4, -0.2) is 24.3 Å². The van der Waals surface area contributed by atoms with E-state index >= 15 is 0 Å². The van der Waals surface area contributed by atoms with Gasteiger partial charge in [-0.15, -0.1) is 0 Å². The average Bonchev–Trinajstić information content (AvgIpc) is 2.46. The lowest BCUT2D eigenvalue weighted by atomic mass is 9.99. The Labute approximate surface area is 141 Å². The molecule has 0 aliphatic carbocycles. The summed E-state index contributed by atoms with van der Waals surface area (Å²) in [6, 6.07) is 10.9. The lowest BCUT2D eigenvalue weighted by Gasteiger charge is -2.29. The molecule has 0 saturated carbocycles. The van der Waals surface area contributed by atoms with E-state index < -0.39 is 5.60 Å². The van der Waals surface area contributed by atoms with Gasteiger partial charge in [-0.2, -0.15) is 0 Å². The van der Waals surface area contributed by atoms with E-state index in [2.05, 4.69) is 55.7 Å². The summed E-state index contributed by atoms with van der Waals surface area (Å²) in [5, 5.41) is 6.55. The number of benzene rings is 1. The molecule has 0 bridgehead atoms. The number of hydrogen-bond acceptors (Lipinski definition) is 3. The second-order valence-electron chi connectivity index (χ2n) is 7.27. The molecule has 1 amide bonds. The predicted molar refractivity (Wildman–Crippen MR) is 95.5 cm³/mol. The molecule has 130 valence electrons. The van der Waals surface area contributed by atoms with Crippen molar-refractivity contribution in [3.8, 4) is 0 Å². The molecule has 4 nitrogen and oxygen atoms in total. The quantitative estimate of drug-likeness (QED) is 0.788. The zero-order valence-electron chi connectivity index (χ0n) is 15.3. The van der Waals surface area contributed by atoms with Gasteiger partial charge in [0, 0.05) is 18.6 Å². The van der Waals surface area contributed by atoms with Crippen molar-refractivity contribution in [1.82, 2.24) is 10.6 Å². The van der Waals surface area contributed by atoms with Gasteiger partial charge in [-0.3, -0.25) is 0 Å². The Morgan fingerprint density at radius 2 is 1.78 bits per heavy atom. The highest BCUT2D eigenvalue weighted by Crippen LogP contribution is 2.18. The highest BCUT2D eigenvalue weighted by Gasteiger charge is 2.21. The molecule has 0 saturated heterocycles. The molecule has 0 aromatic heterocycles. The molecular formula is C19H32N2O2. The molecule has 0 aliphatic rings. The van der Waals surface area contributed by atoms with Gasteiger partial charge in [0.1, 0.15) is 5.60 Å². The van der Waals surface area contributed by atoms with Crippen molar-refractivity contribution in [2.45, 2.75) is 65.6 Å². The van der Waals surface area contributed by atoms with Crippen LogP contribution >= 0.6 is 0 Å². The molecule has 1 aromatic carbocycles. The van der Waals surface area contributed by atoms with Crippen LogP contribution < -0.4 is 10.6 Å². The summed E-state index contributed by atoms with van der Waals surface area (Å²) in [4.78, 5) is 11.8. The van der Waals surface area contributed by atoms with Gasteiger partial charge < -0.3 is 15.4 Å². The first kappa shape index (κ1) is 19.5. The van der Waals surface area contributed by atoms with Gasteiger partial charge in [0.25, 0.3) is 0 Å². The summed E-state index contributed by atoms with van der Waals surface area (Å²) in [6.07, 6.45) is 0.636. The molecule has 1 rings (SSSR count). The zero-order valence-corrected chi connectivity index (χ0v) is 15.3. The third kappa shape index (κ3) is 7.51. The highest BCUT2D eigenvalue weighted by molar-refractivity contribution is 5.67. The number of nitrogens with one attached hydrogen (secondary N) is 2. The lowest BCUT2D eigenvalue weighted by molar-refractivity contribution is 0.0518. The highest BCUT2D eigenvalue weighted by atomic mass is 16.6. The van der Waals surface area contributed by atoms with Crippen LogP contribution in [0.2, 0.25) is 0 Å². The minimum atomic E-state index is -0.471. The Balaban J connectivity index is 2.62. The van der Waals surface area contributed by atoms with Crippen molar-refractivity contribution in [2.24, 2.45) is 5.92 Å². The molecule has 1 aromatic rings. The van der Waals surface area contributed by atoms with Crippen LogP contribution in [0.5, 0.6) is 0 Å². The SMILES string of the molecule is CCC(NC(CNC(=O)OC(C)(C)C)C(C)C)c1ccccc1. The summed E-state index contributed by atoms with van der Waals surface area (Å²) < 4.78 is 5.31. The van der Waals surface area contributed by atoms with Gasteiger partial charge in [-0.05, 0) is 38.7 Å². The second-order valence-corrected chi connectivity index (χ2v) is 7.27. The molecule has 0 spiro atoms. The van der Waals surface area contributed by atoms with Crippen LogP contribution in [0.1, 0.15) is 59.6 Å². The van der Waals surface area contributed by atoms with Gasteiger partial charge in [0.15, 0.2) is 0 Å². The normalized spacial score (nSPS) is 14.4. The number of ether oxygens (including phenoxy) is 1. The van der Waals surface area contributed by atoms with Crippen molar-refractivity contribution in [2.75, 3.05) is 6.54 Å². The van der Waals surface area contributed by atoms with E-state index in [1.807, 2.05) is 26.8 Å². The molecule has 0 radical (unpaired) electrons. The maximum Gasteiger partial charge on any atom is 0.407 e. The first-order valence-electron chi connectivity index (χ1n) is 8.50. The molecule has 2 atom stereocenters. The molecule has 4 heteroatoms. The molecule has 23 heavy (non-hydrogen) atoms. The number of carbonyl (C=O) groups is 1. The number of alkyl carbamates (subject to hydrolysis) is 1. The molecule has 2 unspecified atom stereocenters. The fourth-order valence-corrected chi connectivity index (χ4v) is 2.39. The summed E-state index contributed by atoms with van der Waals surface area (Å²) in [5.41, 5.74) is 0.804. The summed E-state index contributed by atoms with van der Waals surface area (Å²) in [7, 11) is 0. The summed E-state index contributed by atoms with van der Waals surface area (Å²) in [5.74, 6) is 0.405. The first-order valence-corrected chi connectivity index (χ1v) is 8.50. The third-order valence-corrected chi connectivity index (χ3v) is 3.70.